The van der Waals surface area contributed by atoms with Gasteiger partial charge in [0.05, 0.1) is 22.9 Å². The Morgan fingerprint density at radius 1 is 1.36 bits per heavy atom. The predicted octanol–water partition coefficient (Wildman–Crippen LogP) is 0.906. The van der Waals surface area contributed by atoms with Crippen LogP contribution in [-0.2, 0) is 16.2 Å². The largest absolute Gasteiger partial charge is 0.449 e. The van der Waals surface area contributed by atoms with E-state index in [9.17, 15) is 31.5 Å². The third-order valence-corrected chi connectivity index (χ3v) is 6.63. The minimum absolute atomic E-state index is 0.0296. The summed E-state index contributed by atoms with van der Waals surface area (Å²) in [7, 11) is -0.786. The van der Waals surface area contributed by atoms with E-state index >= 15 is 0 Å². The van der Waals surface area contributed by atoms with Gasteiger partial charge in [-0.05, 0) is 18.2 Å². The molecule has 1 amide bonds. The first-order chi connectivity index (χ1) is 12.9. The van der Waals surface area contributed by atoms with E-state index < -0.39 is 40.0 Å². The number of aliphatic hydroxyl groups excluding tert-OH is 1. The number of imidazole rings is 1. The maximum Gasteiger partial charge on any atom is 0.449 e. The van der Waals surface area contributed by atoms with Crippen LogP contribution in [0.15, 0.2) is 18.2 Å². The summed E-state index contributed by atoms with van der Waals surface area (Å²) in [5, 5.41) is 10.1. The Morgan fingerprint density at radius 3 is 2.64 bits per heavy atom. The highest BCUT2D eigenvalue weighted by Crippen LogP contribution is 2.29. The van der Waals surface area contributed by atoms with Gasteiger partial charge < -0.3 is 15.0 Å². The molecule has 1 saturated heterocycles. The number of rotatable bonds is 4. The van der Waals surface area contributed by atoms with Crippen molar-refractivity contribution < 1.29 is 31.5 Å². The first-order valence-electron chi connectivity index (χ1n) is 8.33. The van der Waals surface area contributed by atoms with Crippen LogP contribution >= 0.6 is 0 Å². The van der Waals surface area contributed by atoms with Crippen LogP contribution in [0.5, 0.6) is 0 Å². The van der Waals surface area contributed by atoms with Gasteiger partial charge in [0.15, 0.2) is 0 Å². The standard InChI is InChI=1S/C16H19F3N4O4S/c1-22(2)28(26,27)8-10-6-23(7-13(10)24)14(25)9-3-4-11-12(5-9)21-15(20-11)16(17,18)19/h3-5,10,13,24H,6-8H2,1-2H3,(H,20,21)/t10-,13+/m0/s1. The van der Waals surface area contributed by atoms with Gasteiger partial charge in [0.25, 0.3) is 5.91 Å². The van der Waals surface area contributed by atoms with Crippen LogP contribution in [0.25, 0.3) is 11.0 Å². The number of halogens is 3. The molecule has 154 valence electrons. The number of alkyl halides is 3. The Kier molecular flexibility index (Phi) is 5.15. The molecule has 1 aromatic heterocycles. The van der Waals surface area contributed by atoms with Crippen molar-refractivity contribution in [3.05, 3.63) is 29.6 Å². The van der Waals surface area contributed by atoms with E-state index in [1.54, 1.807) is 0 Å². The average molecular weight is 420 g/mol. The second-order valence-electron chi connectivity index (χ2n) is 6.91. The monoisotopic (exact) mass is 420 g/mol. The van der Waals surface area contributed by atoms with E-state index in [2.05, 4.69) is 9.97 Å². The summed E-state index contributed by atoms with van der Waals surface area (Å²) in [6.07, 6.45) is -5.64. The summed E-state index contributed by atoms with van der Waals surface area (Å²) < 4.78 is 63.4. The van der Waals surface area contributed by atoms with Crippen LogP contribution in [0.1, 0.15) is 16.2 Å². The molecule has 0 spiro atoms. The summed E-state index contributed by atoms with van der Waals surface area (Å²) in [5.74, 6) is -2.62. The minimum Gasteiger partial charge on any atom is -0.391 e. The minimum atomic E-state index is -4.63. The molecule has 3 rings (SSSR count). The predicted molar refractivity (Wildman–Crippen MR) is 94.0 cm³/mol. The van der Waals surface area contributed by atoms with Gasteiger partial charge in [0.1, 0.15) is 0 Å². The molecule has 2 heterocycles. The van der Waals surface area contributed by atoms with Gasteiger partial charge in [-0.1, -0.05) is 0 Å². The molecule has 1 aliphatic rings. The number of H-pyrrole nitrogens is 1. The molecule has 0 bridgehead atoms. The molecule has 0 radical (unpaired) electrons. The SMILES string of the molecule is CN(C)S(=O)(=O)C[C@@H]1CN(C(=O)c2ccc3nc(C(F)(F)F)[nH]c3c2)C[C@H]1O. The fourth-order valence-electron chi connectivity index (χ4n) is 3.06. The van der Waals surface area contributed by atoms with Crippen molar-refractivity contribution in [2.75, 3.05) is 32.9 Å². The molecular formula is C16H19F3N4O4S. The first kappa shape index (κ1) is 20.6. The number of hydrogen-bond acceptors (Lipinski definition) is 5. The third kappa shape index (κ3) is 3.98. The highest BCUT2D eigenvalue weighted by atomic mass is 32.2. The van der Waals surface area contributed by atoms with Crippen molar-refractivity contribution in [2.24, 2.45) is 5.92 Å². The lowest BCUT2D eigenvalue weighted by Gasteiger charge is -2.18. The lowest BCUT2D eigenvalue weighted by Crippen LogP contribution is -2.33. The maximum absolute atomic E-state index is 12.8. The number of aromatic nitrogens is 2. The zero-order chi connectivity index (χ0) is 20.9. The summed E-state index contributed by atoms with van der Waals surface area (Å²) >= 11 is 0. The molecule has 8 nitrogen and oxygen atoms in total. The van der Waals surface area contributed by atoms with Crippen molar-refractivity contribution in [2.45, 2.75) is 12.3 Å². The van der Waals surface area contributed by atoms with E-state index in [0.717, 1.165) is 4.31 Å². The van der Waals surface area contributed by atoms with E-state index in [1.807, 2.05) is 0 Å². The number of aliphatic hydroxyl groups is 1. The number of likely N-dealkylation sites (tertiary alicyclic amines) is 1. The zero-order valence-corrected chi connectivity index (χ0v) is 15.9. The molecule has 2 N–H and O–H groups in total. The van der Waals surface area contributed by atoms with E-state index in [1.165, 1.54) is 37.2 Å². The van der Waals surface area contributed by atoms with Gasteiger partial charge in [-0.2, -0.15) is 13.2 Å². The van der Waals surface area contributed by atoms with Gasteiger partial charge in [-0.25, -0.2) is 17.7 Å². The number of amides is 1. The smallest absolute Gasteiger partial charge is 0.391 e. The molecule has 0 saturated carbocycles. The summed E-state index contributed by atoms with van der Waals surface area (Å²) in [6, 6.07) is 3.91. The summed E-state index contributed by atoms with van der Waals surface area (Å²) in [6.45, 7) is -0.0247. The van der Waals surface area contributed by atoms with Gasteiger partial charge in [0.2, 0.25) is 15.8 Å². The second-order valence-corrected chi connectivity index (χ2v) is 9.14. The second kappa shape index (κ2) is 7.01. The number of fused-ring (bicyclic) bond motifs is 1. The van der Waals surface area contributed by atoms with Crippen molar-refractivity contribution in [3.8, 4) is 0 Å². The third-order valence-electron chi connectivity index (χ3n) is 4.67. The molecule has 2 atom stereocenters. The Hall–Kier alpha value is -2.18. The van der Waals surface area contributed by atoms with E-state index in [4.69, 9.17) is 0 Å². The Bertz CT molecular complexity index is 1000. The topological polar surface area (TPSA) is 107 Å². The highest BCUT2D eigenvalue weighted by Gasteiger charge is 2.38. The van der Waals surface area contributed by atoms with Gasteiger partial charge in [-0.3, -0.25) is 4.79 Å². The van der Waals surface area contributed by atoms with Crippen LogP contribution in [0.3, 0.4) is 0 Å². The lowest BCUT2D eigenvalue weighted by molar-refractivity contribution is -0.144. The summed E-state index contributed by atoms with van der Waals surface area (Å²) in [5.41, 5.74) is 0.248. The number of carbonyl (C=O) groups excluding carboxylic acids is 1. The number of benzene rings is 1. The molecular weight excluding hydrogens is 401 g/mol. The number of sulfonamides is 1. The van der Waals surface area contributed by atoms with Gasteiger partial charge in [0, 0.05) is 38.7 Å². The number of nitrogens with zero attached hydrogens (tertiary/aromatic N) is 3. The molecule has 0 aliphatic carbocycles. The van der Waals surface area contributed by atoms with Crippen LogP contribution in [-0.4, -0.2) is 77.6 Å². The number of carbonyl (C=O) groups is 1. The van der Waals surface area contributed by atoms with Crippen LogP contribution in [0.4, 0.5) is 13.2 Å². The molecule has 12 heteroatoms. The van der Waals surface area contributed by atoms with Crippen molar-refractivity contribution in [3.63, 3.8) is 0 Å². The Labute approximate surface area is 159 Å². The Balaban J connectivity index is 1.79. The van der Waals surface area contributed by atoms with Crippen molar-refractivity contribution >= 4 is 27.0 Å². The Morgan fingerprint density at radius 2 is 2.04 bits per heavy atom. The van der Waals surface area contributed by atoms with Crippen LogP contribution < -0.4 is 0 Å². The quantitative estimate of drug-likeness (QED) is 0.765. The van der Waals surface area contributed by atoms with Crippen molar-refractivity contribution in [1.29, 1.82) is 0 Å². The number of nitrogens with one attached hydrogen (secondary N) is 1. The average Bonchev–Trinajstić information content (AvgIpc) is 3.17. The van der Waals surface area contributed by atoms with E-state index in [-0.39, 0.29) is 35.4 Å². The molecule has 1 aromatic carbocycles. The van der Waals surface area contributed by atoms with Crippen molar-refractivity contribution in [1.82, 2.24) is 19.2 Å². The van der Waals surface area contributed by atoms with E-state index in [0.29, 0.717) is 0 Å². The molecule has 2 aromatic rings. The zero-order valence-electron chi connectivity index (χ0n) is 15.1. The van der Waals surface area contributed by atoms with Gasteiger partial charge >= 0.3 is 6.18 Å². The van der Waals surface area contributed by atoms with Crippen LogP contribution in [0, 0.1) is 5.92 Å². The lowest BCUT2D eigenvalue weighted by atomic mass is 10.1. The number of hydrogen-bond donors (Lipinski definition) is 2. The molecule has 0 unspecified atom stereocenters. The normalized spacial score (nSPS) is 21.0. The number of aromatic amines is 1. The number of β-amino-alcohol motifs (C(OH)–C–C–N with tert-alkyl or cyclic N) is 1. The maximum atomic E-state index is 12.8. The molecule has 1 aliphatic heterocycles. The first-order valence-corrected chi connectivity index (χ1v) is 9.94. The molecule has 1 fully saturated rings. The van der Waals surface area contributed by atoms with Gasteiger partial charge in [-0.15, -0.1) is 0 Å². The summed E-state index contributed by atoms with van der Waals surface area (Å²) in [4.78, 5) is 19.6. The molecule has 28 heavy (non-hydrogen) atoms. The highest BCUT2D eigenvalue weighted by molar-refractivity contribution is 7.89. The fraction of sp³-hybridized carbons (Fsp3) is 0.500. The van der Waals surface area contributed by atoms with Crippen LogP contribution in [0.2, 0.25) is 0 Å². The fourth-order valence-corrected chi connectivity index (χ4v) is 4.23.